The molecule has 108 valence electrons. The summed E-state index contributed by atoms with van der Waals surface area (Å²) in [5, 5.41) is 10.2. The molecule has 3 N–H and O–H groups in total. The maximum Gasteiger partial charge on any atom is 0.219 e. The van der Waals surface area contributed by atoms with Gasteiger partial charge in [-0.2, -0.15) is 0 Å². The van der Waals surface area contributed by atoms with E-state index in [9.17, 15) is 4.79 Å². The van der Waals surface area contributed by atoms with Gasteiger partial charge in [-0.3, -0.25) is 4.79 Å². The lowest BCUT2D eigenvalue weighted by atomic mass is 9.85. The molecule has 0 amide bonds. The summed E-state index contributed by atoms with van der Waals surface area (Å²) >= 11 is 0. The van der Waals surface area contributed by atoms with Crippen LogP contribution in [-0.2, 0) is 4.79 Å². The number of carbonyl (C=O) groups is 1. The van der Waals surface area contributed by atoms with Crippen molar-refractivity contribution in [1.82, 2.24) is 10.3 Å². The molecule has 0 fully saturated rings. The van der Waals surface area contributed by atoms with Crippen LogP contribution in [0.4, 0.5) is 11.6 Å². The van der Waals surface area contributed by atoms with Gasteiger partial charge in [-0.25, -0.2) is 4.63 Å². The highest BCUT2D eigenvalue weighted by Crippen LogP contribution is 2.32. The highest BCUT2D eigenvalue weighted by Gasteiger charge is 2.23. The monoisotopic (exact) mass is 284 g/mol. The van der Waals surface area contributed by atoms with Gasteiger partial charge in [0.2, 0.25) is 11.6 Å². The number of allylic oxidation sites excluding steroid dienone is 2. The minimum atomic E-state index is 0.0874. The largest absolute Gasteiger partial charge is 0.378 e. The van der Waals surface area contributed by atoms with E-state index in [-0.39, 0.29) is 17.5 Å². The molecule has 0 spiro atoms. The molecular formula is C15H16N4O2. The van der Waals surface area contributed by atoms with Crippen LogP contribution in [0.2, 0.25) is 0 Å². The van der Waals surface area contributed by atoms with Crippen LogP contribution >= 0.6 is 0 Å². The molecule has 3 rings (SSSR count). The third-order valence-corrected chi connectivity index (χ3v) is 3.59. The molecule has 0 unspecified atom stereocenters. The predicted molar refractivity (Wildman–Crippen MR) is 78.6 cm³/mol. The lowest BCUT2D eigenvalue weighted by molar-refractivity contribution is -0.115. The van der Waals surface area contributed by atoms with Gasteiger partial charge in [0, 0.05) is 18.2 Å². The Labute approximate surface area is 122 Å². The number of hydrogen-bond donors (Lipinski definition) is 2. The molecule has 21 heavy (non-hydrogen) atoms. The summed E-state index contributed by atoms with van der Waals surface area (Å²) in [6.45, 7) is 2.04. The SMILES string of the molecule is Cc1ccc([C@H]2CC(=O)C=C(Nc3nonc3N)C2)cc1. The molecule has 1 aliphatic carbocycles. The average Bonchev–Trinajstić information content (AvgIpc) is 2.84. The van der Waals surface area contributed by atoms with Gasteiger partial charge in [0.25, 0.3) is 0 Å². The number of nitrogens with one attached hydrogen (secondary N) is 1. The van der Waals surface area contributed by atoms with Crippen LogP contribution in [-0.4, -0.2) is 16.1 Å². The second kappa shape index (κ2) is 5.40. The second-order valence-corrected chi connectivity index (χ2v) is 5.27. The number of aromatic nitrogens is 2. The third kappa shape index (κ3) is 2.94. The molecule has 6 nitrogen and oxygen atoms in total. The number of nitrogen functional groups attached to an aromatic ring is 1. The van der Waals surface area contributed by atoms with E-state index >= 15 is 0 Å². The molecule has 0 aliphatic heterocycles. The number of nitrogens with two attached hydrogens (primary N) is 1. The first-order valence-corrected chi connectivity index (χ1v) is 6.77. The minimum Gasteiger partial charge on any atom is -0.378 e. The molecule has 0 saturated carbocycles. The Kier molecular flexibility index (Phi) is 3.43. The van der Waals surface area contributed by atoms with E-state index in [1.807, 2.05) is 6.92 Å². The fourth-order valence-corrected chi connectivity index (χ4v) is 2.49. The van der Waals surface area contributed by atoms with Gasteiger partial charge in [0.1, 0.15) is 0 Å². The smallest absolute Gasteiger partial charge is 0.219 e. The number of aryl methyl sites for hydroxylation is 1. The lowest BCUT2D eigenvalue weighted by Crippen LogP contribution is -2.17. The Morgan fingerprint density at radius 3 is 2.67 bits per heavy atom. The number of nitrogens with zero attached hydrogens (tertiary/aromatic N) is 2. The highest BCUT2D eigenvalue weighted by molar-refractivity contribution is 5.92. The van der Waals surface area contributed by atoms with E-state index in [1.165, 1.54) is 5.56 Å². The van der Waals surface area contributed by atoms with Crippen molar-refractivity contribution in [2.24, 2.45) is 0 Å². The van der Waals surface area contributed by atoms with E-state index in [0.717, 1.165) is 17.7 Å². The summed E-state index contributed by atoms with van der Waals surface area (Å²) in [6, 6.07) is 8.26. The van der Waals surface area contributed by atoms with E-state index in [2.05, 4.69) is 44.5 Å². The van der Waals surface area contributed by atoms with Crippen molar-refractivity contribution < 1.29 is 9.42 Å². The van der Waals surface area contributed by atoms with Gasteiger partial charge in [0.05, 0.1) is 0 Å². The van der Waals surface area contributed by atoms with Crippen molar-refractivity contribution in [2.45, 2.75) is 25.7 Å². The standard InChI is InChI=1S/C15H16N4O2/c1-9-2-4-10(5-3-9)11-6-12(8-13(20)7-11)17-15-14(16)18-21-19-15/h2-5,8,11H,6-7H2,1H3,(H2,16,18)(H,17,19)/t11-/m1/s1. The van der Waals surface area contributed by atoms with Crippen LogP contribution in [0.1, 0.15) is 29.9 Å². The zero-order chi connectivity index (χ0) is 14.8. The normalized spacial score (nSPS) is 18.4. The van der Waals surface area contributed by atoms with E-state index in [4.69, 9.17) is 5.73 Å². The number of rotatable bonds is 3. The molecule has 2 aromatic rings. The zero-order valence-corrected chi connectivity index (χ0v) is 11.7. The van der Waals surface area contributed by atoms with Crippen LogP contribution in [0.25, 0.3) is 0 Å². The van der Waals surface area contributed by atoms with Gasteiger partial charge < -0.3 is 11.1 Å². The first kappa shape index (κ1) is 13.4. The Hall–Kier alpha value is -2.63. The third-order valence-electron chi connectivity index (χ3n) is 3.59. The molecule has 1 aliphatic rings. The topological polar surface area (TPSA) is 94.0 Å². The summed E-state index contributed by atoms with van der Waals surface area (Å²) in [7, 11) is 0. The van der Waals surface area contributed by atoms with Crippen molar-refractivity contribution in [2.75, 3.05) is 11.1 Å². The molecule has 1 atom stereocenters. The van der Waals surface area contributed by atoms with Crippen molar-refractivity contribution in [3.8, 4) is 0 Å². The Morgan fingerprint density at radius 1 is 1.24 bits per heavy atom. The van der Waals surface area contributed by atoms with E-state index in [0.29, 0.717) is 12.2 Å². The quantitative estimate of drug-likeness (QED) is 0.898. The van der Waals surface area contributed by atoms with Crippen LogP contribution in [0.15, 0.2) is 40.7 Å². The molecule has 1 aromatic carbocycles. The number of carbonyl (C=O) groups excluding carboxylic acids is 1. The molecule has 0 bridgehead atoms. The molecule has 0 saturated heterocycles. The van der Waals surface area contributed by atoms with Crippen LogP contribution in [0, 0.1) is 6.92 Å². The molecule has 0 radical (unpaired) electrons. The summed E-state index contributed by atoms with van der Waals surface area (Å²) in [6.07, 6.45) is 2.83. The van der Waals surface area contributed by atoms with Gasteiger partial charge >= 0.3 is 0 Å². The fraction of sp³-hybridized carbons (Fsp3) is 0.267. The number of benzene rings is 1. The maximum absolute atomic E-state index is 11.9. The zero-order valence-electron chi connectivity index (χ0n) is 11.7. The molecule has 6 heteroatoms. The van der Waals surface area contributed by atoms with E-state index < -0.39 is 0 Å². The first-order valence-electron chi connectivity index (χ1n) is 6.77. The molecule has 1 aromatic heterocycles. The van der Waals surface area contributed by atoms with Crippen molar-refractivity contribution in [3.63, 3.8) is 0 Å². The van der Waals surface area contributed by atoms with Crippen molar-refractivity contribution in [1.29, 1.82) is 0 Å². The van der Waals surface area contributed by atoms with Crippen LogP contribution < -0.4 is 11.1 Å². The minimum absolute atomic E-state index is 0.0874. The van der Waals surface area contributed by atoms with Gasteiger partial charge in [-0.1, -0.05) is 29.8 Å². The average molecular weight is 284 g/mol. The van der Waals surface area contributed by atoms with Gasteiger partial charge in [0.15, 0.2) is 5.78 Å². The van der Waals surface area contributed by atoms with Crippen LogP contribution in [0.3, 0.4) is 0 Å². The Morgan fingerprint density at radius 2 is 2.00 bits per heavy atom. The number of hydrogen-bond acceptors (Lipinski definition) is 6. The predicted octanol–water partition coefficient (Wildman–Crippen LogP) is 2.40. The van der Waals surface area contributed by atoms with E-state index in [1.54, 1.807) is 6.08 Å². The molecular weight excluding hydrogens is 268 g/mol. The summed E-state index contributed by atoms with van der Waals surface area (Å²) < 4.78 is 4.54. The maximum atomic E-state index is 11.9. The lowest BCUT2D eigenvalue weighted by Gasteiger charge is -2.22. The number of ketones is 1. The highest BCUT2D eigenvalue weighted by atomic mass is 16.6. The van der Waals surface area contributed by atoms with Crippen LogP contribution in [0.5, 0.6) is 0 Å². The van der Waals surface area contributed by atoms with Crippen molar-refractivity contribution in [3.05, 3.63) is 47.2 Å². The summed E-state index contributed by atoms with van der Waals surface area (Å²) in [5.41, 5.74) is 8.75. The number of anilines is 2. The Balaban J connectivity index is 1.79. The van der Waals surface area contributed by atoms with Gasteiger partial charge in [-0.15, -0.1) is 0 Å². The summed E-state index contributed by atoms with van der Waals surface area (Å²) in [5.74, 6) is 0.774. The van der Waals surface area contributed by atoms with Crippen molar-refractivity contribution >= 4 is 17.4 Å². The second-order valence-electron chi connectivity index (χ2n) is 5.27. The first-order chi connectivity index (χ1) is 10.1. The Bertz CT molecular complexity index is 688. The van der Waals surface area contributed by atoms with Gasteiger partial charge in [-0.05, 0) is 35.1 Å². The fourth-order valence-electron chi connectivity index (χ4n) is 2.49. The summed E-state index contributed by atoms with van der Waals surface area (Å²) in [4.78, 5) is 11.9. The molecule has 1 heterocycles.